The van der Waals surface area contributed by atoms with Gasteiger partial charge in [-0.05, 0) is 41.6 Å². The predicted octanol–water partition coefficient (Wildman–Crippen LogP) is 4.39. The first-order chi connectivity index (χ1) is 13.5. The molecule has 0 saturated carbocycles. The van der Waals surface area contributed by atoms with Crippen LogP contribution in [0.15, 0.2) is 41.3 Å². The van der Waals surface area contributed by atoms with Gasteiger partial charge >= 0.3 is 5.97 Å². The van der Waals surface area contributed by atoms with E-state index in [1.54, 1.807) is 6.07 Å². The number of fused-ring (bicyclic) bond motifs is 1. The van der Waals surface area contributed by atoms with Crippen molar-refractivity contribution in [2.24, 2.45) is 0 Å². The first-order valence-electron chi connectivity index (χ1n) is 8.28. The highest BCUT2D eigenvalue weighted by Gasteiger charge is 2.21. The average molecular weight is 424 g/mol. The van der Waals surface area contributed by atoms with Crippen LogP contribution in [-0.4, -0.2) is 25.7 Å². The highest BCUT2D eigenvalue weighted by molar-refractivity contribution is 7.90. The van der Waals surface area contributed by atoms with E-state index in [4.69, 9.17) is 9.84 Å². The van der Waals surface area contributed by atoms with Crippen molar-refractivity contribution in [1.29, 1.82) is 0 Å². The first-order valence-corrected chi connectivity index (χ1v) is 10.2. The topological polar surface area (TPSA) is 80.7 Å². The molecular formula is C20H15F3O5S. The van der Waals surface area contributed by atoms with Crippen LogP contribution in [-0.2, 0) is 21.1 Å². The van der Waals surface area contributed by atoms with Crippen LogP contribution in [0.25, 0.3) is 10.8 Å². The van der Waals surface area contributed by atoms with Crippen LogP contribution in [0.4, 0.5) is 13.2 Å². The third-order valence-electron chi connectivity index (χ3n) is 4.35. The summed E-state index contributed by atoms with van der Waals surface area (Å²) in [5, 5.41) is 9.78. The summed E-state index contributed by atoms with van der Waals surface area (Å²) < 4.78 is 71.0. The third kappa shape index (κ3) is 4.19. The van der Waals surface area contributed by atoms with E-state index in [-0.39, 0.29) is 17.6 Å². The summed E-state index contributed by atoms with van der Waals surface area (Å²) in [6.45, 7) is 1.51. The zero-order valence-corrected chi connectivity index (χ0v) is 16.1. The van der Waals surface area contributed by atoms with Gasteiger partial charge in [-0.3, -0.25) is 4.79 Å². The van der Waals surface area contributed by atoms with Crippen LogP contribution in [0, 0.1) is 24.4 Å². The van der Waals surface area contributed by atoms with Crippen LogP contribution in [0.3, 0.4) is 0 Å². The number of halogens is 3. The summed E-state index contributed by atoms with van der Waals surface area (Å²) in [7, 11) is -4.00. The molecule has 0 unspecified atom stereocenters. The van der Waals surface area contributed by atoms with E-state index in [0.29, 0.717) is 28.6 Å². The van der Waals surface area contributed by atoms with Crippen molar-refractivity contribution in [3.8, 4) is 11.5 Å². The molecule has 9 heteroatoms. The predicted molar refractivity (Wildman–Crippen MR) is 99.5 cm³/mol. The highest BCUT2D eigenvalue weighted by Crippen LogP contribution is 2.38. The molecule has 0 spiro atoms. The monoisotopic (exact) mass is 424 g/mol. The van der Waals surface area contributed by atoms with Crippen LogP contribution >= 0.6 is 0 Å². The van der Waals surface area contributed by atoms with Crippen molar-refractivity contribution in [2.75, 3.05) is 6.26 Å². The molecule has 3 aromatic rings. The molecule has 3 aromatic carbocycles. The summed E-state index contributed by atoms with van der Waals surface area (Å²) in [5.74, 6) is -4.74. The van der Waals surface area contributed by atoms with Crippen LogP contribution < -0.4 is 4.74 Å². The van der Waals surface area contributed by atoms with Crippen molar-refractivity contribution in [2.45, 2.75) is 18.2 Å². The molecule has 29 heavy (non-hydrogen) atoms. The second kappa shape index (κ2) is 7.40. The average Bonchev–Trinajstić information content (AvgIpc) is 2.60. The minimum Gasteiger partial charge on any atom is -0.481 e. The molecule has 0 bridgehead atoms. The first kappa shape index (κ1) is 20.7. The number of sulfone groups is 1. The fraction of sp³-hybridized carbons (Fsp3) is 0.150. The lowest BCUT2D eigenvalue weighted by Gasteiger charge is -2.16. The highest BCUT2D eigenvalue weighted by atomic mass is 32.2. The summed E-state index contributed by atoms with van der Waals surface area (Å²) in [4.78, 5) is 10.3. The molecule has 0 aliphatic heterocycles. The standard InChI is InChI=1S/C20H15F3O5S/c1-10-12(6-19(24)25)5-11-3-4-13(21)7-14(11)20(10)28-17-8-16(23)18(9-15(17)22)29(2,26)27/h3-5,7-9H,6H2,1-2H3,(H,24,25). The van der Waals surface area contributed by atoms with Crippen molar-refractivity contribution in [3.63, 3.8) is 0 Å². The normalized spacial score (nSPS) is 11.6. The zero-order chi connectivity index (χ0) is 21.5. The Morgan fingerprint density at radius 2 is 1.76 bits per heavy atom. The van der Waals surface area contributed by atoms with E-state index in [0.717, 1.165) is 12.3 Å². The number of benzene rings is 3. The van der Waals surface area contributed by atoms with E-state index >= 15 is 0 Å². The molecule has 0 aromatic heterocycles. The van der Waals surface area contributed by atoms with Gasteiger partial charge in [0.15, 0.2) is 21.4 Å². The van der Waals surface area contributed by atoms with Gasteiger partial charge in [-0.2, -0.15) is 0 Å². The number of hydrogen-bond donors (Lipinski definition) is 1. The Hall–Kier alpha value is -3.07. The molecule has 0 fully saturated rings. The molecule has 0 amide bonds. The molecule has 0 aliphatic carbocycles. The number of ether oxygens (including phenoxy) is 1. The lowest BCUT2D eigenvalue weighted by molar-refractivity contribution is -0.136. The maximum atomic E-state index is 14.4. The van der Waals surface area contributed by atoms with Crippen molar-refractivity contribution < 1.29 is 36.2 Å². The fourth-order valence-electron chi connectivity index (χ4n) is 2.96. The molecule has 0 atom stereocenters. The minimum atomic E-state index is -4.00. The Morgan fingerprint density at radius 3 is 2.38 bits per heavy atom. The maximum Gasteiger partial charge on any atom is 0.307 e. The lowest BCUT2D eigenvalue weighted by atomic mass is 9.98. The van der Waals surface area contributed by atoms with Gasteiger partial charge in [-0.1, -0.05) is 12.1 Å². The molecular weight excluding hydrogens is 409 g/mol. The number of carboxylic acids is 1. The minimum absolute atomic E-state index is 0.0522. The summed E-state index contributed by atoms with van der Waals surface area (Å²) in [6, 6.07) is 6.34. The molecule has 0 aliphatic rings. The van der Waals surface area contributed by atoms with Gasteiger partial charge in [-0.25, -0.2) is 21.6 Å². The number of carboxylic acid groups (broad SMARTS) is 1. The number of hydrogen-bond acceptors (Lipinski definition) is 4. The van der Waals surface area contributed by atoms with Gasteiger partial charge in [0, 0.05) is 17.7 Å². The van der Waals surface area contributed by atoms with Gasteiger partial charge in [0.25, 0.3) is 0 Å². The van der Waals surface area contributed by atoms with Crippen molar-refractivity contribution in [3.05, 3.63) is 65.0 Å². The van der Waals surface area contributed by atoms with E-state index in [1.807, 2.05) is 0 Å². The second-order valence-corrected chi connectivity index (χ2v) is 8.50. The van der Waals surface area contributed by atoms with Gasteiger partial charge in [0.1, 0.15) is 22.3 Å². The largest absolute Gasteiger partial charge is 0.481 e. The molecule has 0 heterocycles. The van der Waals surface area contributed by atoms with Crippen LogP contribution in [0.1, 0.15) is 11.1 Å². The van der Waals surface area contributed by atoms with Gasteiger partial charge in [-0.15, -0.1) is 0 Å². The lowest BCUT2D eigenvalue weighted by Crippen LogP contribution is -2.05. The summed E-state index contributed by atoms with van der Waals surface area (Å²) in [6.07, 6.45) is 0.376. The Kier molecular flexibility index (Phi) is 5.27. The van der Waals surface area contributed by atoms with Crippen molar-refractivity contribution >= 4 is 26.6 Å². The number of rotatable bonds is 5. The van der Waals surface area contributed by atoms with E-state index in [2.05, 4.69) is 0 Å². The van der Waals surface area contributed by atoms with E-state index in [9.17, 15) is 26.4 Å². The van der Waals surface area contributed by atoms with Gasteiger partial charge in [0.2, 0.25) is 0 Å². The van der Waals surface area contributed by atoms with Gasteiger partial charge < -0.3 is 9.84 Å². The third-order valence-corrected chi connectivity index (χ3v) is 5.46. The Labute approximate surface area is 164 Å². The van der Waals surface area contributed by atoms with Crippen LogP contribution in [0.5, 0.6) is 11.5 Å². The smallest absolute Gasteiger partial charge is 0.307 e. The Bertz CT molecular complexity index is 1250. The fourth-order valence-corrected chi connectivity index (χ4v) is 3.69. The zero-order valence-electron chi connectivity index (χ0n) is 15.3. The Morgan fingerprint density at radius 1 is 1.07 bits per heavy atom. The molecule has 1 N–H and O–H groups in total. The summed E-state index contributed by atoms with van der Waals surface area (Å²) in [5.41, 5.74) is 0.651. The SMILES string of the molecule is Cc1c(CC(=O)O)cc2ccc(F)cc2c1Oc1cc(F)c(S(C)(=O)=O)cc1F. The number of carbonyl (C=O) groups is 1. The second-order valence-electron chi connectivity index (χ2n) is 6.51. The Balaban J connectivity index is 2.22. The quantitative estimate of drug-likeness (QED) is 0.657. The molecule has 3 rings (SSSR count). The summed E-state index contributed by atoms with van der Waals surface area (Å²) >= 11 is 0. The molecule has 0 radical (unpaired) electrons. The van der Waals surface area contributed by atoms with E-state index < -0.39 is 43.9 Å². The molecule has 5 nitrogen and oxygen atoms in total. The molecule has 0 saturated heterocycles. The van der Waals surface area contributed by atoms with Gasteiger partial charge in [0.05, 0.1) is 6.42 Å². The number of aliphatic carboxylic acids is 1. The molecule has 152 valence electrons. The van der Waals surface area contributed by atoms with Crippen molar-refractivity contribution in [1.82, 2.24) is 0 Å². The van der Waals surface area contributed by atoms with E-state index in [1.165, 1.54) is 19.1 Å². The van der Waals surface area contributed by atoms with Crippen LogP contribution in [0.2, 0.25) is 0 Å². The maximum absolute atomic E-state index is 14.4.